The third-order valence-corrected chi connectivity index (χ3v) is 6.07. The molecule has 7 nitrogen and oxygen atoms in total. The van der Waals surface area contributed by atoms with Gasteiger partial charge in [0.2, 0.25) is 0 Å². The smallest absolute Gasteiger partial charge is 0.294 e. The number of carbonyl (C=O) groups excluding carboxylic acids is 4. The maximum absolute atomic E-state index is 13.5. The summed E-state index contributed by atoms with van der Waals surface area (Å²) < 4.78 is 15.0. The van der Waals surface area contributed by atoms with Crippen LogP contribution in [0.15, 0.2) is 18.2 Å². The van der Waals surface area contributed by atoms with Crippen molar-refractivity contribution in [2.24, 2.45) is 13.0 Å². The summed E-state index contributed by atoms with van der Waals surface area (Å²) in [5, 5.41) is 5.32. The molecule has 1 aromatic heterocycles. The molecule has 1 saturated carbocycles. The van der Waals surface area contributed by atoms with E-state index in [1.54, 1.807) is 34.7 Å². The first-order valence-corrected chi connectivity index (χ1v) is 10.7. The van der Waals surface area contributed by atoms with Gasteiger partial charge in [-0.15, -0.1) is 0 Å². The number of nitrogens with one attached hydrogen (secondary N) is 2. The number of halogens is 1. The highest BCUT2D eigenvalue weighted by Gasteiger charge is 2.38. The van der Waals surface area contributed by atoms with Crippen molar-refractivity contribution >= 4 is 29.1 Å². The maximum Gasteiger partial charge on any atom is 0.294 e. The van der Waals surface area contributed by atoms with Crippen LogP contribution in [0.1, 0.15) is 63.9 Å². The first-order valence-electron chi connectivity index (χ1n) is 10.7. The SMILES string of the molecule is CCC(=O)[C@@H](NC(=O)C(=O)c1c(C)c(C(=O)Nc2ccc(F)c(C)c2)c(C)n1C)C1CC1. The molecule has 1 atom stereocenters. The zero-order chi connectivity index (χ0) is 23.7. The first kappa shape index (κ1) is 23.4. The normalized spacial score (nSPS) is 14.1. The van der Waals surface area contributed by atoms with E-state index in [1.807, 2.05) is 0 Å². The molecule has 0 spiro atoms. The van der Waals surface area contributed by atoms with Gasteiger partial charge >= 0.3 is 0 Å². The number of rotatable bonds is 8. The van der Waals surface area contributed by atoms with E-state index in [0.717, 1.165) is 12.8 Å². The second-order valence-electron chi connectivity index (χ2n) is 8.35. The summed E-state index contributed by atoms with van der Waals surface area (Å²) >= 11 is 0. The summed E-state index contributed by atoms with van der Waals surface area (Å²) in [5.41, 5.74) is 2.06. The van der Waals surface area contributed by atoms with Gasteiger partial charge in [-0.3, -0.25) is 19.2 Å². The molecule has 170 valence electrons. The van der Waals surface area contributed by atoms with Crippen LogP contribution in [0.4, 0.5) is 10.1 Å². The Balaban J connectivity index is 1.85. The van der Waals surface area contributed by atoms with Crippen molar-refractivity contribution in [3.8, 4) is 0 Å². The Kier molecular flexibility index (Phi) is 6.62. The molecule has 0 radical (unpaired) electrons. The fourth-order valence-electron chi connectivity index (χ4n) is 3.98. The van der Waals surface area contributed by atoms with E-state index >= 15 is 0 Å². The Labute approximate surface area is 186 Å². The molecule has 0 unspecified atom stereocenters. The van der Waals surface area contributed by atoms with Gasteiger partial charge in [0.15, 0.2) is 5.78 Å². The fraction of sp³-hybridized carbons (Fsp3) is 0.417. The Bertz CT molecular complexity index is 1110. The van der Waals surface area contributed by atoms with Crippen molar-refractivity contribution in [3.63, 3.8) is 0 Å². The van der Waals surface area contributed by atoms with Gasteiger partial charge in [-0.1, -0.05) is 6.92 Å². The molecule has 2 amide bonds. The van der Waals surface area contributed by atoms with E-state index in [-0.39, 0.29) is 35.2 Å². The number of carbonyl (C=O) groups is 4. The van der Waals surface area contributed by atoms with Crippen LogP contribution in [0.5, 0.6) is 0 Å². The Morgan fingerprint density at radius 2 is 1.81 bits per heavy atom. The number of nitrogens with zero attached hydrogens (tertiary/aromatic N) is 1. The minimum atomic E-state index is -0.853. The molecule has 1 aromatic carbocycles. The molecule has 1 heterocycles. The molecule has 0 aliphatic heterocycles. The number of aromatic nitrogens is 1. The van der Waals surface area contributed by atoms with Gasteiger partial charge < -0.3 is 15.2 Å². The van der Waals surface area contributed by atoms with Crippen LogP contribution in [0.3, 0.4) is 0 Å². The van der Waals surface area contributed by atoms with Crippen molar-refractivity contribution in [1.82, 2.24) is 9.88 Å². The van der Waals surface area contributed by atoms with Crippen molar-refractivity contribution in [3.05, 3.63) is 52.1 Å². The molecule has 1 fully saturated rings. The molecule has 1 aliphatic rings. The van der Waals surface area contributed by atoms with Crippen LogP contribution in [0, 0.1) is 32.5 Å². The average molecular weight is 442 g/mol. The van der Waals surface area contributed by atoms with Crippen molar-refractivity contribution in [2.75, 3.05) is 5.32 Å². The van der Waals surface area contributed by atoms with Crippen LogP contribution in [0.25, 0.3) is 0 Å². The molecule has 32 heavy (non-hydrogen) atoms. The van der Waals surface area contributed by atoms with Gasteiger partial charge in [0, 0.05) is 24.8 Å². The van der Waals surface area contributed by atoms with E-state index in [9.17, 15) is 23.6 Å². The van der Waals surface area contributed by atoms with Gasteiger partial charge in [0.05, 0.1) is 17.3 Å². The minimum absolute atomic E-state index is 0.0796. The van der Waals surface area contributed by atoms with Crippen LogP contribution in [-0.2, 0) is 16.6 Å². The number of aryl methyl sites for hydroxylation is 1. The maximum atomic E-state index is 13.5. The third-order valence-electron chi connectivity index (χ3n) is 6.07. The molecule has 0 saturated heterocycles. The molecular formula is C24H28FN3O4. The summed E-state index contributed by atoms with van der Waals surface area (Å²) in [4.78, 5) is 50.8. The van der Waals surface area contributed by atoms with Gasteiger partial charge in [-0.2, -0.15) is 0 Å². The van der Waals surface area contributed by atoms with E-state index in [1.165, 1.54) is 22.8 Å². The molecule has 8 heteroatoms. The van der Waals surface area contributed by atoms with Crippen LogP contribution >= 0.6 is 0 Å². The van der Waals surface area contributed by atoms with E-state index in [4.69, 9.17) is 0 Å². The minimum Gasteiger partial charge on any atom is -0.344 e. The number of amides is 2. The van der Waals surface area contributed by atoms with Crippen LogP contribution in [0.2, 0.25) is 0 Å². The Morgan fingerprint density at radius 1 is 1.16 bits per heavy atom. The number of Topliss-reactive ketones (excluding diaryl/α,β-unsaturated/α-hetero) is 2. The third kappa shape index (κ3) is 4.49. The predicted octanol–water partition coefficient (Wildman–Crippen LogP) is 3.40. The van der Waals surface area contributed by atoms with Crippen LogP contribution in [-0.4, -0.2) is 34.0 Å². The highest BCUT2D eigenvalue weighted by atomic mass is 19.1. The van der Waals surface area contributed by atoms with Crippen LogP contribution < -0.4 is 10.6 Å². The number of ketones is 2. The second kappa shape index (κ2) is 9.06. The summed E-state index contributed by atoms with van der Waals surface area (Å²) in [6, 6.07) is 3.59. The highest BCUT2D eigenvalue weighted by molar-refractivity contribution is 6.43. The Hall–Kier alpha value is -3.29. The number of hydrogen-bond acceptors (Lipinski definition) is 4. The molecular weight excluding hydrogens is 413 g/mol. The van der Waals surface area contributed by atoms with E-state index < -0.39 is 23.6 Å². The molecule has 2 N–H and O–H groups in total. The first-order chi connectivity index (χ1) is 15.1. The quantitative estimate of drug-likeness (QED) is 0.485. The van der Waals surface area contributed by atoms with Crippen molar-refractivity contribution in [2.45, 2.75) is 53.0 Å². The molecule has 1 aliphatic carbocycles. The highest BCUT2D eigenvalue weighted by Crippen LogP contribution is 2.33. The molecule has 2 aromatic rings. The average Bonchev–Trinajstić information content (AvgIpc) is 3.55. The summed E-state index contributed by atoms with van der Waals surface area (Å²) in [7, 11) is 1.61. The van der Waals surface area contributed by atoms with Gasteiger partial charge in [-0.25, -0.2) is 4.39 Å². The number of anilines is 1. The standard InChI is InChI=1S/C24H28FN3O4/c1-6-18(29)20(15-7-8-15)27-24(32)22(30)21-13(3)19(14(4)28(21)5)23(31)26-16-9-10-17(25)12(2)11-16/h9-11,15,20H,6-8H2,1-5H3,(H,26,31)(H,27,32)/t20-/m0/s1. The largest absolute Gasteiger partial charge is 0.344 e. The zero-order valence-electron chi connectivity index (χ0n) is 19.0. The second-order valence-corrected chi connectivity index (χ2v) is 8.35. The predicted molar refractivity (Wildman–Crippen MR) is 118 cm³/mol. The van der Waals surface area contributed by atoms with E-state index in [2.05, 4.69) is 10.6 Å². The Morgan fingerprint density at radius 3 is 2.38 bits per heavy atom. The number of benzene rings is 1. The fourth-order valence-corrected chi connectivity index (χ4v) is 3.98. The lowest BCUT2D eigenvalue weighted by molar-refractivity contribution is -0.126. The van der Waals surface area contributed by atoms with E-state index in [0.29, 0.717) is 22.5 Å². The lowest BCUT2D eigenvalue weighted by atomic mass is 10.0. The molecule has 0 bridgehead atoms. The summed E-state index contributed by atoms with van der Waals surface area (Å²) in [6.07, 6.45) is 1.98. The van der Waals surface area contributed by atoms with Gasteiger partial charge in [-0.05, 0) is 68.9 Å². The summed E-state index contributed by atoms with van der Waals surface area (Å²) in [5.74, 6) is -2.50. The van der Waals surface area contributed by atoms with Crippen molar-refractivity contribution < 1.29 is 23.6 Å². The number of hydrogen-bond donors (Lipinski definition) is 2. The topological polar surface area (TPSA) is 97.3 Å². The molecule has 3 rings (SSSR count). The lowest BCUT2D eigenvalue weighted by Crippen LogP contribution is -2.45. The monoisotopic (exact) mass is 441 g/mol. The zero-order valence-corrected chi connectivity index (χ0v) is 19.0. The van der Waals surface area contributed by atoms with Gasteiger partial charge in [0.1, 0.15) is 5.82 Å². The van der Waals surface area contributed by atoms with Gasteiger partial charge in [0.25, 0.3) is 17.6 Å². The van der Waals surface area contributed by atoms with Crippen molar-refractivity contribution in [1.29, 1.82) is 0 Å². The summed E-state index contributed by atoms with van der Waals surface area (Å²) in [6.45, 7) is 6.61. The lowest BCUT2D eigenvalue weighted by Gasteiger charge is -2.16.